The summed E-state index contributed by atoms with van der Waals surface area (Å²) in [7, 11) is 1.11. The molecule has 2 unspecified atom stereocenters. The van der Waals surface area contributed by atoms with Gasteiger partial charge in [-0.05, 0) is 122 Å². The molecule has 0 radical (unpaired) electrons. The van der Waals surface area contributed by atoms with Crippen molar-refractivity contribution in [2.24, 2.45) is 0 Å². The highest BCUT2D eigenvalue weighted by Crippen LogP contribution is 2.38. The minimum absolute atomic E-state index is 0.0493. The Morgan fingerprint density at radius 2 is 0.730 bits per heavy atom. The molecule has 0 aromatic rings. The third kappa shape index (κ3) is 56.9. The van der Waals surface area contributed by atoms with Crippen LogP contribution in [-0.4, -0.2) is 70.0 Å². The average molecular weight is 1040 g/mol. The number of unbranched alkanes of at least 4 members (excludes halogenated alkanes) is 9. The number of likely N-dealkylation sites (N-methyl/N-ethyl adjacent to an activating group) is 1. The Morgan fingerprint density at radius 1 is 0.419 bits per heavy atom. The van der Waals surface area contributed by atoms with Crippen LogP contribution in [0, 0.1) is 0 Å². The molecule has 2 atom stereocenters. The summed E-state index contributed by atoms with van der Waals surface area (Å²) < 4.78 is 34.0. The number of carbonyl (C=O) groups excluding carboxylic acids is 2. The van der Waals surface area contributed by atoms with Gasteiger partial charge in [0, 0.05) is 12.8 Å². The average Bonchev–Trinajstić information content (AvgIpc) is 3.36. The molecule has 0 aromatic heterocycles. The van der Waals surface area contributed by atoms with Crippen molar-refractivity contribution >= 4 is 19.8 Å². The Morgan fingerprint density at radius 3 is 1.11 bits per heavy atom. The largest absolute Gasteiger partial charge is 0.756 e. The molecule has 0 aliphatic heterocycles. The van der Waals surface area contributed by atoms with Gasteiger partial charge < -0.3 is 27.9 Å². The number of carbonyl (C=O) groups is 2. The highest BCUT2D eigenvalue weighted by atomic mass is 31.2. The quantitative estimate of drug-likeness (QED) is 0.0195. The van der Waals surface area contributed by atoms with Crippen molar-refractivity contribution in [1.29, 1.82) is 0 Å². The van der Waals surface area contributed by atoms with Gasteiger partial charge in [0.05, 0.1) is 27.7 Å². The first kappa shape index (κ1) is 69.6. The van der Waals surface area contributed by atoms with Crippen LogP contribution < -0.4 is 4.89 Å². The zero-order valence-corrected chi connectivity index (χ0v) is 47.9. The van der Waals surface area contributed by atoms with E-state index >= 15 is 0 Å². The summed E-state index contributed by atoms with van der Waals surface area (Å²) in [6, 6.07) is 0. The fourth-order valence-electron chi connectivity index (χ4n) is 6.75. The van der Waals surface area contributed by atoms with E-state index in [2.05, 4.69) is 172 Å². The molecule has 0 aliphatic carbocycles. The van der Waals surface area contributed by atoms with Crippen LogP contribution >= 0.6 is 7.82 Å². The maximum atomic E-state index is 12.8. The monoisotopic (exact) mass is 1040 g/mol. The standard InChI is InChI=1S/C64H102NO8P/c1-6-8-10-12-14-16-18-20-22-23-24-25-26-27-28-29-30-31-32-33-34-35-36-37-38-39-40-41-43-45-47-49-51-53-55-57-64(67)73-62(61-72-74(68,69)71-59-58-65(3,4)5)60-70-63(66)56-54-52-50-48-46-44-42-21-19-17-15-13-11-9-7-2/h8-11,14-17,20-22,24-25,27-28,30-31,33-34,36-37,39-40,42,46,48,62H,6-7,12-13,18-19,23,26,29,32,35,38,41,43-45,47,49-61H2,1-5H3/b10-8-,11-9-,16-14-,17-15-,22-20-,25-24-,28-27-,31-30-,34-33-,37-36-,40-39-,42-21-,48-46-. The Labute approximate surface area is 452 Å². The summed E-state index contributed by atoms with van der Waals surface area (Å²) in [6.07, 6.45) is 80.1. The SMILES string of the molecule is CC/C=C\C/C=C\C/C=C\C/C=C\C/C=C\C/C=C\C/C=C\C/C=C\C/C=C\CCCCCCCCCC(=O)OC(COC(=O)CCCC/C=C\C/C=C\C/C=C\C/C=C\CC)COP(=O)([O-])OCC[N+](C)(C)C. The predicted octanol–water partition coefficient (Wildman–Crippen LogP) is 17.1. The van der Waals surface area contributed by atoms with E-state index < -0.39 is 32.5 Å². The Bertz CT molecular complexity index is 1800. The maximum Gasteiger partial charge on any atom is 0.306 e. The van der Waals surface area contributed by atoms with E-state index in [4.69, 9.17) is 18.5 Å². The Hall–Kier alpha value is -4.37. The number of phosphoric acid groups is 1. The van der Waals surface area contributed by atoms with Gasteiger partial charge in [0.15, 0.2) is 6.10 Å². The van der Waals surface area contributed by atoms with Crippen molar-refractivity contribution in [3.63, 3.8) is 0 Å². The van der Waals surface area contributed by atoms with Crippen molar-refractivity contribution in [2.75, 3.05) is 47.5 Å². The molecular weight excluding hydrogens is 942 g/mol. The van der Waals surface area contributed by atoms with Crippen molar-refractivity contribution in [2.45, 2.75) is 187 Å². The van der Waals surface area contributed by atoms with Gasteiger partial charge in [-0.2, -0.15) is 0 Å². The molecule has 74 heavy (non-hydrogen) atoms. The van der Waals surface area contributed by atoms with Crippen LogP contribution in [-0.2, 0) is 32.7 Å². The molecule has 0 rings (SSSR count). The van der Waals surface area contributed by atoms with Crippen LogP contribution in [0.4, 0.5) is 0 Å². The number of nitrogens with zero attached hydrogens (tertiary/aromatic N) is 1. The van der Waals surface area contributed by atoms with Crippen molar-refractivity contribution < 1.29 is 42.1 Å². The summed E-state index contributed by atoms with van der Waals surface area (Å²) in [5.74, 6) is -0.911. The number of rotatable bonds is 49. The minimum Gasteiger partial charge on any atom is -0.756 e. The summed E-state index contributed by atoms with van der Waals surface area (Å²) >= 11 is 0. The molecule has 0 aliphatic rings. The lowest BCUT2D eigenvalue weighted by Gasteiger charge is -2.28. The highest BCUT2D eigenvalue weighted by Gasteiger charge is 2.21. The predicted molar refractivity (Wildman–Crippen MR) is 313 cm³/mol. The van der Waals surface area contributed by atoms with E-state index in [-0.39, 0.29) is 26.1 Å². The summed E-state index contributed by atoms with van der Waals surface area (Å²) in [5, 5.41) is 0. The fourth-order valence-corrected chi connectivity index (χ4v) is 7.48. The van der Waals surface area contributed by atoms with E-state index in [1.54, 1.807) is 0 Å². The molecule has 0 aromatic carbocycles. The molecule has 0 saturated heterocycles. The van der Waals surface area contributed by atoms with Gasteiger partial charge in [-0.15, -0.1) is 0 Å². The van der Waals surface area contributed by atoms with Crippen LogP contribution in [0.5, 0.6) is 0 Å². The molecule has 0 heterocycles. The first-order valence-electron chi connectivity index (χ1n) is 28.2. The van der Waals surface area contributed by atoms with Gasteiger partial charge in [0.2, 0.25) is 0 Å². The summed E-state index contributed by atoms with van der Waals surface area (Å²) in [4.78, 5) is 37.8. The lowest BCUT2D eigenvalue weighted by molar-refractivity contribution is -0.870. The van der Waals surface area contributed by atoms with Gasteiger partial charge in [-0.1, -0.05) is 204 Å². The summed E-state index contributed by atoms with van der Waals surface area (Å²) in [5.41, 5.74) is 0. The smallest absolute Gasteiger partial charge is 0.306 e. The van der Waals surface area contributed by atoms with Gasteiger partial charge >= 0.3 is 11.9 Å². The molecule has 0 amide bonds. The number of hydrogen-bond donors (Lipinski definition) is 0. The molecule has 0 N–H and O–H groups in total. The molecule has 10 heteroatoms. The second-order valence-electron chi connectivity index (χ2n) is 19.2. The van der Waals surface area contributed by atoms with Gasteiger partial charge in [0.1, 0.15) is 19.8 Å². The summed E-state index contributed by atoms with van der Waals surface area (Å²) in [6.45, 7) is 3.91. The van der Waals surface area contributed by atoms with E-state index in [0.717, 1.165) is 128 Å². The molecule has 416 valence electrons. The van der Waals surface area contributed by atoms with Crippen LogP contribution in [0.25, 0.3) is 0 Å². The molecule has 0 saturated carbocycles. The normalized spacial score (nSPS) is 14.5. The number of phosphoric ester groups is 1. The van der Waals surface area contributed by atoms with Crippen LogP contribution in [0.15, 0.2) is 158 Å². The van der Waals surface area contributed by atoms with Crippen molar-refractivity contribution in [3.05, 3.63) is 158 Å². The van der Waals surface area contributed by atoms with Crippen LogP contribution in [0.2, 0.25) is 0 Å². The van der Waals surface area contributed by atoms with Crippen LogP contribution in [0.3, 0.4) is 0 Å². The van der Waals surface area contributed by atoms with Gasteiger partial charge in [-0.25, -0.2) is 0 Å². The van der Waals surface area contributed by atoms with E-state index in [9.17, 15) is 19.0 Å². The number of allylic oxidation sites excluding steroid dienone is 26. The highest BCUT2D eigenvalue weighted by molar-refractivity contribution is 7.45. The first-order valence-corrected chi connectivity index (χ1v) is 29.7. The van der Waals surface area contributed by atoms with Gasteiger partial charge in [0.25, 0.3) is 7.82 Å². The van der Waals surface area contributed by atoms with Crippen molar-refractivity contribution in [1.82, 2.24) is 0 Å². The molecular formula is C64H102NO8P. The van der Waals surface area contributed by atoms with E-state index in [1.807, 2.05) is 21.1 Å². The molecule has 0 fully saturated rings. The van der Waals surface area contributed by atoms with Gasteiger partial charge in [-0.3, -0.25) is 14.2 Å². The molecule has 0 bridgehead atoms. The zero-order valence-electron chi connectivity index (χ0n) is 47.0. The first-order chi connectivity index (χ1) is 36.0. The van der Waals surface area contributed by atoms with E-state index in [1.165, 1.54) is 12.8 Å². The number of quaternary nitrogens is 1. The minimum atomic E-state index is -4.66. The number of hydrogen-bond acceptors (Lipinski definition) is 8. The second-order valence-corrected chi connectivity index (χ2v) is 20.6. The Balaban J connectivity index is 4.24. The van der Waals surface area contributed by atoms with Crippen LogP contribution in [0.1, 0.15) is 181 Å². The third-order valence-electron chi connectivity index (χ3n) is 11.0. The maximum absolute atomic E-state index is 12.8. The molecule has 0 spiro atoms. The lowest BCUT2D eigenvalue weighted by Crippen LogP contribution is -2.37. The fraction of sp³-hybridized carbons (Fsp3) is 0.562. The third-order valence-corrected chi connectivity index (χ3v) is 12.0. The van der Waals surface area contributed by atoms with Crippen molar-refractivity contribution in [3.8, 4) is 0 Å². The van der Waals surface area contributed by atoms with E-state index in [0.29, 0.717) is 23.9 Å². The molecule has 9 nitrogen and oxygen atoms in total. The topological polar surface area (TPSA) is 111 Å². The number of esters is 2. The number of ether oxygens (including phenoxy) is 2. The second kappa shape index (κ2) is 53.5. The lowest BCUT2D eigenvalue weighted by atomic mass is 10.1. The zero-order chi connectivity index (χ0) is 54.2. The Kier molecular flexibility index (Phi) is 50.3.